The summed E-state index contributed by atoms with van der Waals surface area (Å²) in [5, 5.41) is 10.9. The Kier molecular flexibility index (Phi) is 4.59. The first kappa shape index (κ1) is 15.5. The van der Waals surface area contributed by atoms with Gasteiger partial charge in [-0.2, -0.15) is 0 Å². The number of ether oxygens (including phenoxy) is 1. The van der Waals surface area contributed by atoms with Crippen LogP contribution in [0, 0.1) is 24.0 Å². The standard InChI is InChI=1S/C14H12ClNO4S/c1-8-5-9(2)12(6-10(8)16(18)19)20-7-11(17)13-3-4-14(15)21-13/h3-6H,7H2,1-2H3. The van der Waals surface area contributed by atoms with E-state index in [0.717, 1.165) is 5.56 Å². The number of hydrogen-bond acceptors (Lipinski definition) is 5. The summed E-state index contributed by atoms with van der Waals surface area (Å²) in [4.78, 5) is 22.9. The van der Waals surface area contributed by atoms with Gasteiger partial charge in [0.1, 0.15) is 5.75 Å². The summed E-state index contributed by atoms with van der Waals surface area (Å²) in [6.07, 6.45) is 0. The van der Waals surface area contributed by atoms with Gasteiger partial charge in [0.15, 0.2) is 6.61 Å². The van der Waals surface area contributed by atoms with Crippen LogP contribution >= 0.6 is 22.9 Å². The number of hydrogen-bond donors (Lipinski definition) is 0. The first-order chi connectivity index (χ1) is 9.88. The van der Waals surface area contributed by atoms with Crippen LogP contribution in [0.3, 0.4) is 0 Å². The minimum atomic E-state index is -0.470. The van der Waals surface area contributed by atoms with Gasteiger partial charge in [0.25, 0.3) is 5.69 Å². The van der Waals surface area contributed by atoms with Gasteiger partial charge in [0.2, 0.25) is 5.78 Å². The fourth-order valence-corrected chi connectivity index (χ4v) is 2.82. The highest BCUT2D eigenvalue weighted by molar-refractivity contribution is 7.18. The maximum Gasteiger partial charge on any atom is 0.276 e. The molecule has 0 N–H and O–H groups in total. The van der Waals surface area contributed by atoms with Crippen LogP contribution in [-0.4, -0.2) is 17.3 Å². The number of aryl methyl sites for hydroxylation is 2. The lowest BCUT2D eigenvalue weighted by molar-refractivity contribution is -0.385. The van der Waals surface area contributed by atoms with Gasteiger partial charge in [0, 0.05) is 5.56 Å². The van der Waals surface area contributed by atoms with Crippen molar-refractivity contribution in [3.05, 3.63) is 54.7 Å². The number of carbonyl (C=O) groups is 1. The van der Waals surface area contributed by atoms with Crippen molar-refractivity contribution in [3.63, 3.8) is 0 Å². The van der Waals surface area contributed by atoms with Crippen molar-refractivity contribution in [1.82, 2.24) is 0 Å². The highest BCUT2D eigenvalue weighted by Crippen LogP contribution is 2.28. The van der Waals surface area contributed by atoms with Crippen molar-refractivity contribution in [3.8, 4) is 5.75 Å². The first-order valence-electron chi connectivity index (χ1n) is 6.05. The molecule has 0 atom stereocenters. The molecular formula is C14H12ClNO4S. The fourth-order valence-electron chi connectivity index (χ4n) is 1.85. The first-order valence-corrected chi connectivity index (χ1v) is 7.25. The monoisotopic (exact) mass is 325 g/mol. The molecular weight excluding hydrogens is 314 g/mol. The summed E-state index contributed by atoms with van der Waals surface area (Å²) in [7, 11) is 0. The number of nitro benzene ring substituents is 1. The molecule has 0 spiro atoms. The Morgan fingerprint density at radius 2 is 2.05 bits per heavy atom. The summed E-state index contributed by atoms with van der Waals surface area (Å²) < 4.78 is 5.95. The summed E-state index contributed by atoms with van der Waals surface area (Å²) in [5.74, 6) is 0.123. The Hall–Kier alpha value is -1.92. The highest BCUT2D eigenvalue weighted by Gasteiger charge is 2.16. The summed E-state index contributed by atoms with van der Waals surface area (Å²) in [5.41, 5.74) is 1.28. The molecule has 0 aliphatic heterocycles. The van der Waals surface area contributed by atoms with E-state index in [0.29, 0.717) is 20.5 Å². The Bertz CT molecular complexity index is 711. The van der Waals surface area contributed by atoms with E-state index >= 15 is 0 Å². The van der Waals surface area contributed by atoms with Gasteiger partial charge in [-0.3, -0.25) is 14.9 Å². The summed E-state index contributed by atoms with van der Waals surface area (Å²) in [6.45, 7) is 3.25. The average molecular weight is 326 g/mol. The molecule has 0 bridgehead atoms. The van der Waals surface area contributed by atoms with Crippen LogP contribution < -0.4 is 4.74 Å². The number of rotatable bonds is 5. The van der Waals surface area contributed by atoms with Gasteiger partial charge < -0.3 is 4.74 Å². The van der Waals surface area contributed by atoms with Crippen LogP contribution in [0.5, 0.6) is 5.75 Å². The lowest BCUT2D eigenvalue weighted by atomic mass is 10.1. The van der Waals surface area contributed by atoms with E-state index in [1.807, 2.05) is 0 Å². The molecule has 0 saturated heterocycles. The molecule has 0 saturated carbocycles. The largest absolute Gasteiger partial charge is 0.485 e. The van der Waals surface area contributed by atoms with Crippen molar-refractivity contribution >= 4 is 34.4 Å². The predicted octanol–water partition coefficient (Wildman–Crippen LogP) is 4.19. The molecule has 7 heteroatoms. The number of carbonyl (C=O) groups excluding carboxylic acids is 1. The molecule has 21 heavy (non-hydrogen) atoms. The predicted molar refractivity (Wildman–Crippen MR) is 81.7 cm³/mol. The normalized spacial score (nSPS) is 10.4. The number of Topliss-reactive ketones (excluding diaryl/α,β-unsaturated/α-hetero) is 1. The van der Waals surface area contributed by atoms with E-state index in [9.17, 15) is 14.9 Å². The van der Waals surface area contributed by atoms with Gasteiger partial charge in [0.05, 0.1) is 20.2 Å². The van der Waals surface area contributed by atoms with Crippen LogP contribution in [0.15, 0.2) is 24.3 Å². The van der Waals surface area contributed by atoms with Crippen LogP contribution in [0.4, 0.5) is 5.69 Å². The molecule has 0 aliphatic rings. The number of benzene rings is 1. The molecule has 5 nitrogen and oxygen atoms in total. The topological polar surface area (TPSA) is 69.4 Å². The highest BCUT2D eigenvalue weighted by atomic mass is 35.5. The quantitative estimate of drug-likeness (QED) is 0.469. The second-order valence-corrected chi connectivity index (χ2v) is 6.19. The van der Waals surface area contributed by atoms with Crippen LogP contribution in [0.2, 0.25) is 4.34 Å². The molecule has 0 aliphatic carbocycles. The van der Waals surface area contributed by atoms with Gasteiger partial charge in [-0.25, -0.2) is 0 Å². The zero-order chi connectivity index (χ0) is 15.6. The van der Waals surface area contributed by atoms with Crippen molar-refractivity contribution < 1.29 is 14.5 Å². The van der Waals surface area contributed by atoms with Gasteiger partial charge >= 0.3 is 0 Å². The number of nitro groups is 1. The van der Waals surface area contributed by atoms with E-state index in [1.165, 1.54) is 17.4 Å². The molecule has 0 amide bonds. The lowest BCUT2D eigenvalue weighted by Gasteiger charge is -2.09. The number of nitrogens with zero attached hydrogens (tertiary/aromatic N) is 1. The van der Waals surface area contributed by atoms with E-state index in [4.69, 9.17) is 16.3 Å². The van der Waals surface area contributed by atoms with Crippen LogP contribution in [0.1, 0.15) is 20.8 Å². The van der Waals surface area contributed by atoms with E-state index < -0.39 is 4.92 Å². The minimum absolute atomic E-state index is 0.0257. The summed E-state index contributed by atoms with van der Waals surface area (Å²) in [6, 6.07) is 6.28. The molecule has 1 aromatic heterocycles. The van der Waals surface area contributed by atoms with Crippen molar-refractivity contribution in [2.24, 2.45) is 0 Å². The van der Waals surface area contributed by atoms with Gasteiger partial charge in [-0.1, -0.05) is 11.6 Å². The smallest absolute Gasteiger partial charge is 0.276 e. The van der Waals surface area contributed by atoms with E-state index in [2.05, 4.69) is 0 Å². The third-order valence-corrected chi connectivity index (χ3v) is 4.17. The molecule has 0 fully saturated rings. The molecule has 1 aromatic carbocycles. The zero-order valence-electron chi connectivity index (χ0n) is 11.4. The average Bonchev–Trinajstić information content (AvgIpc) is 2.83. The fraction of sp³-hybridized carbons (Fsp3) is 0.214. The number of thiophene rings is 1. The van der Waals surface area contributed by atoms with Crippen molar-refractivity contribution in [1.29, 1.82) is 0 Å². The minimum Gasteiger partial charge on any atom is -0.485 e. The van der Waals surface area contributed by atoms with E-state index in [-0.39, 0.29) is 18.1 Å². The molecule has 1 heterocycles. The molecule has 2 rings (SSSR count). The van der Waals surface area contributed by atoms with Crippen LogP contribution in [0.25, 0.3) is 0 Å². The third-order valence-electron chi connectivity index (χ3n) is 2.90. The number of ketones is 1. The third kappa shape index (κ3) is 3.59. The van der Waals surface area contributed by atoms with Gasteiger partial charge in [-0.05, 0) is 37.6 Å². The zero-order valence-corrected chi connectivity index (χ0v) is 13.0. The maximum absolute atomic E-state index is 11.9. The Morgan fingerprint density at radius 3 is 2.62 bits per heavy atom. The molecule has 0 unspecified atom stereocenters. The van der Waals surface area contributed by atoms with E-state index in [1.54, 1.807) is 32.0 Å². The Balaban J connectivity index is 2.14. The van der Waals surface area contributed by atoms with Crippen LogP contribution in [-0.2, 0) is 0 Å². The summed E-state index contributed by atoms with van der Waals surface area (Å²) >= 11 is 6.94. The van der Waals surface area contributed by atoms with Gasteiger partial charge in [-0.15, -0.1) is 11.3 Å². The lowest BCUT2D eigenvalue weighted by Crippen LogP contribution is -2.11. The Morgan fingerprint density at radius 1 is 1.33 bits per heavy atom. The van der Waals surface area contributed by atoms with Crippen molar-refractivity contribution in [2.45, 2.75) is 13.8 Å². The Labute approximate surface area is 130 Å². The van der Waals surface area contributed by atoms with Crippen molar-refractivity contribution in [2.75, 3.05) is 6.61 Å². The SMILES string of the molecule is Cc1cc(C)c([N+](=O)[O-])cc1OCC(=O)c1ccc(Cl)s1. The number of halogens is 1. The second-order valence-electron chi connectivity index (χ2n) is 4.48. The molecule has 2 aromatic rings. The second kappa shape index (κ2) is 6.24. The maximum atomic E-state index is 11.9. The molecule has 110 valence electrons. The molecule has 0 radical (unpaired) electrons.